The van der Waals surface area contributed by atoms with Crippen molar-refractivity contribution in [1.82, 2.24) is 9.97 Å². The number of hydrogen-bond donors (Lipinski definition) is 2. The summed E-state index contributed by atoms with van der Waals surface area (Å²) in [7, 11) is 0. The molecule has 1 aliphatic heterocycles. The van der Waals surface area contributed by atoms with E-state index in [0.29, 0.717) is 10.0 Å². The molecule has 2 aromatic heterocycles. The molecule has 1 fully saturated rings. The Hall–Kier alpha value is -1.44. The van der Waals surface area contributed by atoms with E-state index in [9.17, 15) is 0 Å². The Labute approximate surface area is 177 Å². The first-order valence-electron chi connectivity index (χ1n) is 9.61. The molecule has 0 spiro atoms. The Morgan fingerprint density at radius 3 is 2.64 bits per heavy atom. The average Bonchev–Trinajstić information content (AvgIpc) is 3.22. The molecule has 1 saturated heterocycles. The molecule has 1 aromatic carbocycles. The molecule has 0 radical (unpaired) electrons. The molecule has 3 heterocycles. The zero-order valence-corrected chi connectivity index (χ0v) is 17.7. The van der Waals surface area contributed by atoms with Gasteiger partial charge >= 0.3 is 0 Å². The SMILES string of the molecule is Clc1cc(Cl)cc(Nc2nc(C[NH+]3CCOCC3)nc3sc4c(c23)CCC4)c1. The van der Waals surface area contributed by atoms with Crippen LogP contribution in [0.15, 0.2) is 18.2 Å². The Morgan fingerprint density at radius 2 is 1.86 bits per heavy atom. The molecule has 0 bridgehead atoms. The number of benzene rings is 1. The quantitative estimate of drug-likeness (QED) is 0.656. The van der Waals surface area contributed by atoms with E-state index in [1.807, 2.05) is 23.5 Å². The number of nitrogens with one attached hydrogen (secondary N) is 2. The molecule has 0 unspecified atom stereocenters. The van der Waals surface area contributed by atoms with Crippen molar-refractivity contribution in [2.24, 2.45) is 0 Å². The van der Waals surface area contributed by atoms with Gasteiger partial charge in [0.05, 0.1) is 18.6 Å². The number of aromatic nitrogens is 2. The van der Waals surface area contributed by atoms with Crippen LogP contribution in [0, 0.1) is 0 Å². The predicted molar refractivity (Wildman–Crippen MR) is 114 cm³/mol. The number of rotatable bonds is 4. The molecule has 0 amide bonds. The standard InChI is InChI=1S/C20H20Cl2N4OS/c21-12-8-13(22)10-14(9-12)23-19-18-15-2-1-3-16(15)28-20(18)25-17(24-19)11-26-4-6-27-7-5-26/h8-10H,1-7,11H2,(H,23,24,25)/p+1. The monoisotopic (exact) mass is 435 g/mol. The highest BCUT2D eigenvalue weighted by atomic mass is 35.5. The summed E-state index contributed by atoms with van der Waals surface area (Å²) in [5.41, 5.74) is 2.25. The molecule has 28 heavy (non-hydrogen) atoms. The first-order valence-corrected chi connectivity index (χ1v) is 11.2. The van der Waals surface area contributed by atoms with E-state index in [-0.39, 0.29) is 0 Å². The van der Waals surface area contributed by atoms with E-state index in [0.717, 1.165) is 73.2 Å². The Balaban J connectivity index is 1.56. The fraction of sp³-hybridized carbons (Fsp3) is 0.400. The van der Waals surface area contributed by atoms with E-state index >= 15 is 0 Å². The second-order valence-corrected chi connectivity index (χ2v) is 9.30. The van der Waals surface area contributed by atoms with E-state index in [1.54, 1.807) is 6.07 Å². The van der Waals surface area contributed by atoms with Crippen LogP contribution >= 0.6 is 34.5 Å². The van der Waals surface area contributed by atoms with Crippen LogP contribution in [0.1, 0.15) is 22.7 Å². The van der Waals surface area contributed by atoms with Gasteiger partial charge in [0.1, 0.15) is 30.3 Å². The highest BCUT2D eigenvalue weighted by Gasteiger charge is 2.24. The zero-order valence-electron chi connectivity index (χ0n) is 15.4. The fourth-order valence-electron chi connectivity index (χ4n) is 4.03. The normalized spacial score (nSPS) is 17.2. The summed E-state index contributed by atoms with van der Waals surface area (Å²) in [6.45, 7) is 4.41. The van der Waals surface area contributed by atoms with E-state index in [1.165, 1.54) is 21.8 Å². The van der Waals surface area contributed by atoms with Gasteiger partial charge in [-0.05, 0) is 43.0 Å². The highest BCUT2D eigenvalue weighted by molar-refractivity contribution is 7.19. The van der Waals surface area contributed by atoms with Crippen molar-refractivity contribution < 1.29 is 9.64 Å². The van der Waals surface area contributed by atoms with Gasteiger partial charge < -0.3 is 15.0 Å². The highest BCUT2D eigenvalue weighted by Crippen LogP contribution is 2.40. The number of morpholine rings is 1. The van der Waals surface area contributed by atoms with Gasteiger partial charge in [-0.3, -0.25) is 0 Å². The number of nitrogens with zero attached hydrogens (tertiary/aromatic N) is 2. The number of hydrogen-bond acceptors (Lipinski definition) is 5. The van der Waals surface area contributed by atoms with E-state index in [2.05, 4.69) is 5.32 Å². The minimum atomic E-state index is 0.605. The number of quaternary nitrogens is 1. The van der Waals surface area contributed by atoms with E-state index < -0.39 is 0 Å². The Morgan fingerprint density at radius 1 is 1.07 bits per heavy atom. The van der Waals surface area contributed by atoms with Gasteiger partial charge in [0.25, 0.3) is 0 Å². The summed E-state index contributed by atoms with van der Waals surface area (Å²) in [5, 5.41) is 5.85. The summed E-state index contributed by atoms with van der Waals surface area (Å²) in [6, 6.07) is 5.49. The molecule has 1 aliphatic carbocycles. The molecule has 2 aliphatic rings. The number of anilines is 2. The van der Waals surface area contributed by atoms with Crippen LogP contribution in [0.3, 0.4) is 0 Å². The van der Waals surface area contributed by atoms with Crippen molar-refractivity contribution in [3.05, 3.63) is 44.5 Å². The van der Waals surface area contributed by atoms with Crippen molar-refractivity contribution in [3.63, 3.8) is 0 Å². The second-order valence-electron chi connectivity index (χ2n) is 7.35. The van der Waals surface area contributed by atoms with Gasteiger partial charge in [0.2, 0.25) is 0 Å². The summed E-state index contributed by atoms with van der Waals surface area (Å²) in [4.78, 5) is 13.9. The molecule has 0 saturated carbocycles. The Kier molecular flexibility index (Phi) is 5.15. The molecule has 5 rings (SSSR count). The third-order valence-electron chi connectivity index (χ3n) is 5.34. The lowest BCUT2D eigenvalue weighted by molar-refractivity contribution is -0.922. The van der Waals surface area contributed by atoms with Crippen LogP contribution in [-0.4, -0.2) is 36.3 Å². The number of fused-ring (bicyclic) bond motifs is 3. The lowest BCUT2D eigenvalue weighted by Crippen LogP contribution is -3.12. The minimum Gasteiger partial charge on any atom is -0.370 e. The molecule has 146 valence electrons. The second kappa shape index (κ2) is 7.76. The van der Waals surface area contributed by atoms with Crippen molar-refractivity contribution in [2.75, 3.05) is 31.6 Å². The van der Waals surface area contributed by atoms with Crippen LogP contribution < -0.4 is 10.2 Å². The molecular weight excluding hydrogens is 415 g/mol. The lowest BCUT2D eigenvalue weighted by atomic mass is 10.2. The largest absolute Gasteiger partial charge is 0.370 e. The predicted octanol–water partition coefficient (Wildman–Crippen LogP) is 3.65. The van der Waals surface area contributed by atoms with Gasteiger partial charge in [0, 0.05) is 20.6 Å². The van der Waals surface area contributed by atoms with Crippen molar-refractivity contribution >= 4 is 56.3 Å². The zero-order chi connectivity index (χ0) is 19.1. The van der Waals surface area contributed by atoms with Gasteiger partial charge in [-0.15, -0.1) is 11.3 Å². The molecule has 2 N–H and O–H groups in total. The van der Waals surface area contributed by atoms with E-state index in [4.69, 9.17) is 37.9 Å². The lowest BCUT2D eigenvalue weighted by Gasteiger charge is -2.23. The summed E-state index contributed by atoms with van der Waals surface area (Å²) in [6.07, 6.45) is 3.44. The molecular formula is C20H21Cl2N4OS+. The van der Waals surface area contributed by atoms with Gasteiger partial charge in [-0.2, -0.15) is 0 Å². The minimum absolute atomic E-state index is 0.605. The third-order valence-corrected chi connectivity index (χ3v) is 6.97. The van der Waals surface area contributed by atoms with Crippen molar-refractivity contribution in [3.8, 4) is 0 Å². The molecule has 5 nitrogen and oxygen atoms in total. The maximum atomic E-state index is 6.20. The van der Waals surface area contributed by atoms with Gasteiger partial charge in [0.15, 0.2) is 5.82 Å². The topological polar surface area (TPSA) is 51.5 Å². The van der Waals surface area contributed by atoms with Crippen molar-refractivity contribution in [1.29, 1.82) is 0 Å². The number of thiophene rings is 1. The average molecular weight is 436 g/mol. The maximum Gasteiger partial charge on any atom is 0.187 e. The summed E-state index contributed by atoms with van der Waals surface area (Å²) in [5.74, 6) is 1.74. The van der Waals surface area contributed by atoms with Crippen LogP contribution in [-0.2, 0) is 24.1 Å². The number of aryl methyl sites for hydroxylation is 2. The van der Waals surface area contributed by atoms with Crippen LogP contribution in [0.2, 0.25) is 10.0 Å². The molecule has 0 atom stereocenters. The first kappa shape index (κ1) is 18.6. The smallest absolute Gasteiger partial charge is 0.187 e. The van der Waals surface area contributed by atoms with Crippen LogP contribution in [0.25, 0.3) is 10.2 Å². The maximum absolute atomic E-state index is 6.20. The van der Waals surface area contributed by atoms with Gasteiger partial charge in [-0.25, -0.2) is 9.97 Å². The summed E-state index contributed by atoms with van der Waals surface area (Å²) < 4.78 is 5.48. The van der Waals surface area contributed by atoms with Crippen molar-refractivity contribution in [2.45, 2.75) is 25.8 Å². The first-order chi connectivity index (χ1) is 13.7. The molecule has 8 heteroatoms. The van der Waals surface area contributed by atoms with Crippen LogP contribution in [0.4, 0.5) is 11.5 Å². The Bertz CT molecular complexity index is 1010. The number of ether oxygens (including phenoxy) is 1. The molecule has 3 aromatic rings. The van der Waals surface area contributed by atoms with Gasteiger partial charge in [-0.1, -0.05) is 23.2 Å². The van der Waals surface area contributed by atoms with Crippen LogP contribution in [0.5, 0.6) is 0 Å². The third kappa shape index (κ3) is 3.72. The number of halogens is 2. The fourth-order valence-corrected chi connectivity index (χ4v) is 5.84. The summed E-state index contributed by atoms with van der Waals surface area (Å²) >= 11 is 14.2.